The Bertz CT molecular complexity index is 635. The van der Waals surface area contributed by atoms with E-state index < -0.39 is 18.8 Å². The maximum Gasteiger partial charge on any atom is 0.166 e. The highest BCUT2D eigenvalue weighted by molar-refractivity contribution is 5.72. The first kappa shape index (κ1) is 17.2. The summed E-state index contributed by atoms with van der Waals surface area (Å²) >= 11 is 0. The molecule has 0 amide bonds. The molecule has 2 atom stereocenters. The number of hydrogen-bond acceptors (Lipinski definition) is 5. The minimum atomic E-state index is -1.07. The molecule has 0 fully saturated rings. The normalized spacial score (nSPS) is 13.7. The van der Waals surface area contributed by atoms with E-state index in [1.54, 1.807) is 28.8 Å². The second-order valence-corrected chi connectivity index (χ2v) is 5.28. The van der Waals surface area contributed by atoms with Crippen molar-refractivity contribution in [2.75, 3.05) is 13.7 Å². The number of aromatic hydroxyl groups is 1. The lowest BCUT2D eigenvalue weighted by Gasteiger charge is -2.22. The van der Waals surface area contributed by atoms with Crippen LogP contribution in [0.25, 0.3) is 0 Å². The Kier molecular flexibility index (Phi) is 5.92. The third-order valence-corrected chi connectivity index (χ3v) is 3.81. The van der Waals surface area contributed by atoms with Crippen LogP contribution in [0, 0.1) is 0 Å². The van der Waals surface area contributed by atoms with Gasteiger partial charge in [0, 0.05) is 13.7 Å². The van der Waals surface area contributed by atoms with Crippen LogP contribution in [0.5, 0.6) is 5.75 Å². The number of benzene rings is 1. The molecule has 0 aliphatic carbocycles. The van der Waals surface area contributed by atoms with Crippen molar-refractivity contribution in [2.45, 2.75) is 25.2 Å². The van der Waals surface area contributed by atoms with E-state index in [1.807, 2.05) is 12.1 Å². The number of carbonyl (C=O) groups is 1. The molecule has 0 radical (unpaired) electrons. The van der Waals surface area contributed by atoms with Crippen molar-refractivity contribution < 1.29 is 24.9 Å². The SMILES string of the molecule is CO[C@@H](c1ccc(C=O)n1CCc1ccc(O)cc1)[C@H](O)CO. The van der Waals surface area contributed by atoms with E-state index in [4.69, 9.17) is 9.84 Å². The van der Waals surface area contributed by atoms with Crippen molar-refractivity contribution in [3.05, 3.63) is 53.3 Å². The number of phenolic OH excluding ortho intramolecular Hbond substituents is 1. The Balaban J connectivity index is 2.23. The molecule has 1 aromatic heterocycles. The number of phenols is 1. The van der Waals surface area contributed by atoms with Crippen LogP contribution in [0.2, 0.25) is 0 Å². The van der Waals surface area contributed by atoms with E-state index in [2.05, 4.69) is 0 Å². The van der Waals surface area contributed by atoms with Crippen LogP contribution in [0.1, 0.15) is 27.8 Å². The summed E-state index contributed by atoms with van der Waals surface area (Å²) in [6, 6.07) is 10.2. The summed E-state index contributed by atoms with van der Waals surface area (Å²) in [5.74, 6) is 0.203. The lowest BCUT2D eigenvalue weighted by Crippen LogP contribution is -2.26. The predicted octanol–water partition coefficient (Wildman–Crippen LogP) is 1.29. The van der Waals surface area contributed by atoms with E-state index >= 15 is 0 Å². The van der Waals surface area contributed by atoms with Gasteiger partial charge in [-0.3, -0.25) is 4.79 Å². The number of methoxy groups -OCH3 is 1. The van der Waals surface area contributed by atoms with Gasteiger partial charge in [0.15, 0.2) is 6.29 Å². The summed E-state index contributed by atoms with van der Waals surface area (Å²) in [6.45, 7) is 0.0806. The van der Waals surface area contributed by atoms with Gasteiger partial charge < -0.3 is 24.6 Å². The molecule has 1 aromatic carbocycles. The molecule has 1 heterocycles. The van der Waals surface area contributed by atoms with Gasteiger partial charge >= 0.3 is 0 Å². The van der Waals surface area contributed by atoms with E-state index in [1.165, 1.54) is 7.11 Å². The van der Waals surface area contributed by atoms with Crippen LogP contribution in [0.4, 0.5) is 0 Å². The van der Waals surface area contributed by atoms with Gasteiger partial charge in [0.2, 0.25) is 0 Å². The summed E-state index contributed by atoms with van der Waals surface area (Å²) in [7, 11) is 1.45. The molecule has 23 heavy (non-hydrogen) atoms. The summed E-state index contributed by atoms with van der Waals surface area (Å²) < 4.78 is 7.05. The number of hydrogen-bond donors (Lipinski definition) is 3. The van der Waals surface area contributed by atoms with Crippen LogP contribution in [0.3, 0.4) is 0 Å². The fourth-order valence-electron chi connectivity index (χ4n) is 2.58. The fourth-order valence-corrected chi connectivity index (χ4v) is 2.58. The Hall–Kier alpha value is -2.15. The van der Waals surface area contributed by atoms with Crippen LogP contribution in [0.15, 0.2) is 36.4 Å². The Morgan fingerprint density at radius 1 is 1.22 bits per heavy atom. The van der Waals surface area contributed by atoms with Gasteiger partial charge in [-0.2, -0.15) is 0 Å². The van der Waals surface area contributed by atoms with Gasteiger partial charge in [-0.15, -0.1) is 0 Å². The molecule has 124 valence electrons. The molecule has 0 bridgehead atoms. The average molecular weight is 319 g/mol. The minimum Gasteiger partial charge on any atom is -0.508 e. The Morgan fingerprint density at radius 2 is 1.91 bits per heavy atom. The number of aldehydes is 1. The summed E-state index contributed by atoms with van der Waals surface area (Å²) in [4.78, 5) is 11.2. The van der Waals surface area contributed by atoms with Gasteiger partial charge in [-0.05, 0) is 36.2 Å². The Labute approximate surface area is 134 Å². The lowest BCUT2D eigenvalue weighted by molar-refractivity contribution is -0.0428. The van der Waals surface area contributed by atoms with Crippen LogP contribution >= 0.6 is 0 Å². The monoisotopic (exact) mass is 319 g/mol. The number of aliphatic hydroxyl groups excluding tert-OH is 2. The first-order valence-electron chi connectivity index (χ1n) is 7.35. The standard InChI is InChI=1S/C17H21NO5/c1-23-17(16(22)11-20)15-7-4-13(10-19)18(15)9-8-12-2-5-14(21)6-3-12/h2-7,10,16-17,20-22H,8-9,11H2,1H3/t16-,17+/m1/s1. The molecule has 0 aliphatic rings. The predicted molar refractivity (Wildman–Crippen MR) is 84.5 cm³/mol. The topological polar surface area (TPSA) is 91.9 Å². The highest BCUT2D eigenvalue weighted by Gasteiger charge is 2.24. The van der Waals surface area contributed by atoms with E-state index in [9.17, 15) is 15.0 Å². The van der Waals surface area contributed by atoms with E-state index in [0.29, 0.717) is 24.4 Å². The second-order valence-electron chi connectivity index (χ2n) is 5.28. The molecular weight excluding hydrogens is 298 g/mol. The van der Waals surface area contributed by atoms with Gasteiger partial charge in [0.25, 0.3) is 0 Å². The first-order valence-corrected chi connectivity index (χ1v) is 7.35. The molecule has 0 unspecified atom stereocenters. The van der Waals surface area contributed by atoms with Gasteiger partial charge in [-0.1, -0.05) is 12.1 Å². The lowest BCUT2D eigenvalue weighted by atomic mass is 10.1. The average Bonchev–Trinajstić information content (AvgIpc) is 2.97. The second kappa shape index (κ2) is 7.92. The molecular formula is C17H21NO5. The third kappa shape index (κ3) is 3.98. The molecule has 2 aromatic rings. The number of rotatable bonds is 8. The maximum absolute atomic E-state index is 11.2. The zero-order chi connectivity index (χ0) is 16.8. The molecule has 6 nitrogen and oxygen atoms in total. The molecule has 0 saturated heterocycles. The van der Waals surface area contributed by atoms with Crippen LogP contribution in [-0.4, -0.2) is 46.0 Å². The summed E-state index contributed by atoms with van der Waals surface area (Å²) in [6.07, 6.45) is -0.386. The van der Waals surface area contributed by atoms with Gasteiger partial charge in [0.05, 0.1) is 18.0 Å². The van der Waals surface area contributed by atoms with Crippen molar-refractivity contribution in [1.29, 1.82) is 0 Å². The maximum atomic E-state index is 11.2. The van der Waals surface area contributed by atoms with Gasteiger partial charge in [-0.25, -0.2) is 0 Å². The first-order chi connectivity index (χ1) is 11.1. The van der Waals surface area contributed by atoms with Crippen LogP contribution in [-0.2, 0) is 17.7 Å². The minimum absolute atomic E-state index is 0.203. The number of aryl methyl sites for hydroxylation is 1. The molecule has 0 saturated carbocycles. The number of aromatic nitrogens is 1. The molecule has 0 aliphatic heterocycles. The highest BCUT2D eigenvalue weighted by Crippen LogP contribution is 2.24. The Morgan fingerprint density at radius 3 is 2.48 bits per heavy atom. The van der Waals surface area contributed by atoms with Crippen molar-refractivity contribution >= 4 is 6.29 Å². The third-order valence-electron chi connectivity index (χ3n) is 3.81. The highest BCUT2D eigenvalue weighted by atomic mass is 16.5. The van der Waals surface area contributed by atoms with E-state index in [0.717, 1.165) is 11.8 Å². The number of nitrogens with zero attached hydrogens (tertiary/aromatic N) is 1. The van der Waals surface area contributed by atoms with Crippen molar-refractivity contribution in [3.8, 4) is 5.75 Å². The summed E-state index contributed by atoms with van der Waals surface area (Å²) in [5, 5.41) is 28.4. The largest absolute Gasteiger partial charge is 0.508 e. The van der Waals surface area contributed by atoms with E-state index in [-0.39, 0.29) is 5.75 Å². The number of aliphatic hydroxyl groups is 2. The van der Waals surface area contributed by atoms with Gasteiger partial charge in [0.1, 0.15) is 18.0 Å². The smallest absolute Gasteiger partial charge is 0.166 e. The molecule has 2 rings (SSSR count). The van der Waals surface area contributed by atoms with Crippen molar-refractivity contribution in [3.63, 3.8) is 0 Å². The van der Waals surface area contributed by atoms with Crippen LogP contribution < -0.4 is 0 Å². The zero-order valence-electron chi connectivity index (χ0n) is 12.9. The van der Waals surface area contributed by atoms with Crippen molar-refractivity contribution in [1.82, 2.24) is 4.57 Å². The molecule has 0 spiro atoms. The molecule has 6 heteroatoms. The number of ether oxygens (including phenoxy) is 1. The number of carbonyl (C=O) groups excluding carboxylic acids is 1. The fraction of sp³-hybridized carbons (Fsp3) is 0.353. The summed E-state index contributed by atoms with van der Waals surface area (Å²) in [5.41, 5.74) is 2.12. The zero-order valence-corrected chi connectivity index (χ0v) is 12.9. The quantitative estimate of drug-likeness (QED) is 0.638. The molecule has 3 N–H and O–H groups in total. The van der Waals surface area contributed by atoms with Crippen molar-refractivity contribution in [2.24, 2.45) is 0 Å².